The highest BCUT2D eigenvalue weighted by Gasteiger charge is 2.41. The summed E-state index contributed by atoms with van der Waals surface area (Å²) in [6, 6.07) is 7.54. The number of hydrogen-bond donors (Lipinski definition) is 1. The van der Waals surface area contributed by atoms with Gasteiger partial charge >= 0.3 is 0 Å². The van der Waals surface area contributed by atoms with E-state index in [2.05, 4.69) is 26.2 Å². The average Bonchev–Trinajstić information content (AvgIpc) is 2.63. The Morgan fingerprint density at radius 2 is 2.00 bits per heavy atom. The van der Waals surface area contributed by atoms with Crippen molar-refractivity contribution in [2.75, 3.05) is 0 Å². The summed E-state index contributed by atoms with van der Waals surface area (Å²) in [4.78, 5) is 26.9. The van der Waals surface area contributed by atoms with Gasteiger partial charge in [-0.2, -0.15) is 0 Å². The smallest absolute Gasteiger partial charge is 0.241 e. The van der Waals surface area contributed by atoms with Crippen LogP contribution in [0.25, 0.3) is 10.8 Å². The maximum atomic E-state index is 11.9. The van der Waals surface area contributed by atoms with Crippen molar-refractivity contribution in [1.29, 1.82) is 0 Å². The Morgan fingerprint density at radius 3 is 2.72 bits per heavy atom. The Morgan fingerprint density at radius 1 is 1.17 bits per heavy atom. The number of amides is 2. The van der Waals surface area contributed by atoms with Gasteiger partial charge in [-0.05, 0) is 17.0 Å². The number of fused-ring (bicyclic) bond motifs is 1. The summed E-state index contributed by atoms with van der Waals surface area (Å²) in [5, 5.41) is 4.25. The third-order valence-electron chi connectivity index (χ3n) is 3.12. The Hall–Kier alpha value is -1.75. The first-order chi connectivity index (χ1) is 8.68. The number of alkyl halides is 1. The largest absolute Gasteiger partial charge is 0.295 e. The van der Waals surface area contributed by atoms with Crippen LogP contribution in [-0.4, -0.2) is 21.6 Å². The molecule has 2 unspecified atom stereocenters. The molecule has 1 aliphatic heterocycles. The second kappa shape index (κ2) is 4.17. The second-order valence-electron chi connectivity index (χ2n) is 4.18. The van der Waals surface area contributed by atoms with Gasteiger partial charge in [-0.1, -0.05) is 34.1 Å². The number of imide groups is 1. The first-order valence-corrected chi connectivity index (χ1v) is 6.41. The van der Waals surface area contributed by atoms with E-state index in [1.165, 1.54) is 0 Å². The molecule has 2 aromatic rings. The van der Waals surface area contributed by atoms with E-state index in [1.807, 2.05) is 24.3 Å². The van der Waals surface area contributed by atoms with E-state index in [0.29, 0.717) is 0 Å². The molecule has 1 saturated heterocycles. The van der Waals surface area contributed by atoms with Crippen LogP contribution in [0.2, 0.25) is 0 Å². The number of aromatic nitrogens is 1. The minimum atomic E-state index is -0.510. The van der Waals surface area contributed by atoms with Gasteiger partial charge < -0.3 is 0 Å². The number of benzene rings is 1. The summed E-state index contributed by atoms with van der Waals surface area (Å²) in [6.45, 7) is 0. The highest BCUT2D eigenvalue weighted by Crippen LogP contribution is 2.34. The van der Waals surface area contributed by atoms with E-state index in [0.717, 1.165) is 16.3 Å². The number of nitrogens with one attached hydrogen (secondary N) is 1. The third-order valence-corrected chi connectivity index (χ3v) is 4.07. The van der Waals surface area contributed by atoms with Gasteiger partial charge in [0.25, 0.3) is 0 Å². The summed E-state index contributed by atoms with van der Waals surface area (Å²) in [7, 11) is 0. The fraction of sp³-hybridized carbons (Fsp3) is 0.154. The van der Waals surface area contributed by atoms with Gasteiger partial charge in [0, 0.05) is 17.8 Å². The summed E-state index contributed by atoms with van der Waals surface area (Å²) >= 11 is 3.28. The number of nitrogens with zero attached hydrogens (tertiary/aromatic N) is 1. The molecule has 0 radical (unpaired) electrons. The predicted octanol–water partition coefficient (Wildman–Crippen LogP) is 1.74. The van der Waals surface area contributed by atoms with Gasteiger partial charge in [-0.15, -0.1) is 0 Å². The van der Waals surface area contributed by atoms with Crippen molar-refractivity contribution in [3.05, 3.63) is 42.2 Å². The van der Waals surface area contributed by atoms with Crippen LogP contribution in [-0.2, 0) is 9.59 Å². The fourth-order valence-corrected chi connectivity index (χ4v) is 2.91. The Bertz CT molecular complexity index is 651. The number of carbonyl (C=O) groups is 2. The van der Waals surface area contributed by atoms with Crippen LogP contribution in [0.1, 0.15) is 11.5 Å². The first-order valence-electron chi connectivity index (χ1n) is 5.50. The van der Waals surface area contributed by atoms with Crippen LogP contribution in [0, 0.1) is 0 Å². The van der Waals surface area contributed by atoms with Gasteiger partial charge in [-0.3, -0.25) is 19.9 Å². The lowest BCUT2D eigenvalue weighted by molar-refractivity contribution is -0.125. The summed E-state index contributed by atoms with van der Waals surface area (Å²) in [5.41, 5.74) is 0.847. The average molecular weight is 305 g/mol. The summed E-state index contributed by atoms with van der Waals surface area (Å²) < 4.78 is 0. The molecule has 0 saturated carbocycles. The molecule has 1 aromatic carbocycles. The van der Waals surface area contributed by atoms with Crippen molar-refractivity contribution in [3.8, 4) is 0 Å². The van der Waals surface area contributed by atoms with Gasteiger partial charge in [0.15, 0.2) is 0 Å². The lowest BCUT2D eigenvalue weighted by atomic mass is 9.93. The van der Waals surface area contributed by atoms with Crippen LogP contribution in [0.15, 0.2) is 36.7 Å². The zero-order valence-electron chi connectivity index (χ0n) is 9.26. The molecule has 1 N–H and O–H groups in total. The molecular weight excluding hydrogens is 296 g/mol. The van der Waals surface area contributed by atoms with Gasteiger partial charge in [0.1, 0.15) is 4.83 Å². The number of rotatable bonds is 1. The van der Waals surface area contributed by atoms with Crippen molar-refractivity contribution in [3.63, 3.8) is 0 Å². The summed E-state index contributed by atoms with van der Waals surface area (Å²) in [5.74, 6) is -1.02. The Kier molecular flexibility index (Phi) is 2.63. The maximum absolute atomic E-state index is 11.9. The zero-order chi connectivity index (χ0) is 12.7. The minimum Gasteiger partial charge on any atom is -0.295 e. The van der Waals surface area contributed by atoms with E-state index in [9.17, 15) is 9.59 Å². The van der Waals surface area contributed by atoms with Crippen molar-refractivity contribution in [2.24, 2.45) is 0 Å². The normalized spacial score (nSPS) is 23.4. The number of hydrogen-bond acceptors (Lipinski definition) is 3. The van der Waals surface area contributed by atoms with Crippen LogP contribution < -0.4 is 5.32 Å². The zero-order valence-corrected chi connectivity index (χ0v) is 10.8. The quantitative estimate of drug-likeness (QED) is 0.645. The SMILES string of the molecule is O=C1NC(=O)C(c2cccc3cnccc23)C1Br. The monoisotopic (exact) mass is 304 g/mol. The van der Waals surface area contributed by atoms with Crippen LogP contribution >= 0.6 is 15.9 Å². The van der Waals surface area contributed by atoms with E-state index in [-0.39, 0.29) is 11.8 Å². The molecule has 4 nitrogen and oxygen atoms in total. The van der Waals surface area contributed by atoms with E-state index >= 15 is 0 Å². The van der Waals surface area contributed by atoms with Gasteiger partial charge in [-0.25, -0.2) is 0 Å². The van der Waals surface area contributed by atoms with Crippen molar-refractivity contribution in [1.82, 2.24) is 10.3 Å². The maximum Gasteiger partial charge on any atom is 0.241 e. The summed E-state index contributed by atoms with van der Waals surface area (Å²) in [6.07, 6.45) is 3.43. The molecule has 1 aliphatic rings. The molecule has 0 spiro atoms. The number of halogens is 1. The molecule has 2 heterocycles. The molecule has 2 amide bonds. The van der Waals surface area contributed by atoms with Gasteiger partial charge in [0.05, 0.1) is 5.92 Å². The van der Waals surface area contributed by atoms with E-state index < -0.39 is 10.7 Å². The molecule has 0 aliphatic carbocycles. The number of carbonyl (C=O) groups excluding carboxylic acids is 2. The van der Waals surface area contributed by atoms with Crippen LogP contribution in [0.3, 0.4) is 0 Å². The topological polar surface area (TPSA) is 59.1 Å². The van der Waals surface area contributed by atoms with Crippen LogP contribution in [0.4, 0.5) is 0 Å². The molecule has 1 aromatic heterocycles. The molecule has 2 atom stereocenters. The highest BCUT2D eigenvalue weighted by atomic mass is 79.9. The Balaban J connectivity index is 2.20. The van der Waals surface area contributed by atoms with Crippen molar-refractivity contribution < 1.29 is 9.59 Å². The van der Waals surface area contributed by atoms with E-state index in [1.54, 1.807) is 12.4 Å². The Labute approximate surface area is 112 Å². The molecule has 90 valence electrons. The highest BCUT2D eigenvalue weighted by molar-refractivity contribution is 9.10. The van der Waals surface area contributed by atoms with Gasteiger partial charge in [0.2, 0.25) is 11.8 Å². The molecule has 1 fully saturated rings. The molecule has 0 bridgehead atoms. The molecule has 5 heteroatoms. The minimum absolute atomic E-state index is 0.258. The second-order valence-corrected chi connectivity index (χ2v) is 5.16. The number of pyridine rings is 1. The molecule has 3 rings (SSSR count). The third kappa shape index (κ3) is 1.62. The van der Waals surface area contributed by atoms with E-state index in [4.69, 9.17) is 0 Å². The molecule has 18 heavy (non-hydrogen) atoms. The standard InChI is InChI=1S/C13H9BrN2O2/c14-11-10(12(17)16-13(11)18)9-3-1-2-7-6-15-5-4-8(7)9/h1-6,10-11H,(H,16,17,18). The van der Waals surface area contributed by atoms with Crippen molar-refractivity contribution >= 4 is 38.5 Å². The lowest BCUT2D eigenvalue weighted by Gasteiger charge is -2.13. The predicted molar refractivity (Wildman–Crippen MR) is 70.3 cm³/mol. The van der Waals surface area contributed by atoms with Crippen molar-refractivity contribution in [2.45, 2.75) is 10.7 Å². The first kappa shape index (κ1) is 11.3. The fourth-order valence-electron chi connectivity index (χ4n) is 2.27. The lowest BCUT2D eigenvalue weighted by Crippen LogP contribution is -2.22. The molecular formula is C13H9BrN2O2. The van der Waals surface area contributed by atoms with Crippen LogP contribution in [0.5, 0.6) is 0 Å².